The Labute approximate surface area is 121 Å². The van der Waals surface area contributed by atoms with Crippen LogP contribution in [0.15, 0.2) is 24.3 Å². The van der Waals surface area contributed by atoms with Crippen LogP contribution in [-0.2, 0) is 4.79 Å². The summed E-state index contributed by atoms with van der Waals surface area (Å²) >= 11 is 5.84. The van der Waals surface area contributed by atoms with Gasteiger partial charge in [-0.15, -0.1) is 0 Å². The fraction of sp³-hybridized carbons (Fsp3) is 0.562. The third-order valence-corrected chi connectivity index (χ3v) is 3.51. The summed E-state index contributed by atoms with van der Waals surface area (Å²) in [6.07, 6.45) is 6.50. The van der Waals surface area contributed by atoms with Crippen molar-refractivity contribution in [3.63, 3.8) is 0 Å². The summed E-state index contributed by atoms with van der Waals surface area (Å²) in [7, 11) is 0. The number of hydrogen-bond acceptors (Lipinski definition) is 1. The zero-order valence-electron chi connectivity index (χ0n) is 11.9. The molecule has 0 aliphatic carbocycles. The molecule has 1 aromatic carbocycles. The summed E-state index contributed by atoms with van der Waals surface area (Å²) in [4.78, 5) is 11.8. The average molecular weight is 282 g/mol. The third-order valence-electron chi connectivity index (χ3n) is 3.25. The van der Waals surface area contributed by atoms with Crippen molar-refractivity contribution >= 4 is 17.5 Å². The standard InChI is InChI=1S/C16H24ClNO/c1-3-4-5-6-7-8-16(19)18-13(2)14-9-11-15(17)12-10-14/h9-13H,3-8H2,1-2H3,(H,18,19)/t13-/m1/s1. The van der Waals surface area contributed by atoms with E-state index in [-0.39, 0.29) is 11.9 Å². The van der Waals surface area contributed by atoms with Crippen molar-refractivity contribution in [3.8, 4) is 0 Å². The van der Waals surface area contributed by atoms with Gasteiger partial charge in [0, 0.05) is 11.4 Å². The van der Waals surface area contributed by atoms with Crippen molar-refractivity contribution in [2.75, 3.05) is 0 Å². The van der Waals surface area contributed by atoms with E-state index < -0.39 is 0 Å². The molecule has 3 heteroatoms. The molecule has 1 atom stereocenters. The van der Waals surface area contributed by atoms with Crippen molar-refractivity contribution < 1.29 is 4.79 Å². The molecule has 1 N–H and O–H groups in total. The molecule has 2 nitrogen and oxygen atoms in total. The number of carbonyl (C=O) groups excluding carboxylic acids is 1. The van der Waals surface area contributed by atoms with Crippen LogP contribution in [0.4, 0.5) is 0 Å². The van der Waals surface area contributed by atoms with Crippen LogP contribution in [0.3, 0.4) is 0 Å². The normalized spacial score (nSPS) is 12.2. The SMILES string of the molecule is CCCCCCCC(=O)N[C@H](C)c1ccc(Cl)cc1. The van der Waals surface area contributed by atoms with E-state index in [4.69, 9.17) is 11.6 Å². The highest BCUT2D eigenvalue weighted by Gasteiger charge is 2.08. The molecule has 0 spiro atoms. The second-order valence-corrected chi connectivity index (χ2v) is 5.44. The van der Waals surface area contributed by atoms with Crippen LogP contribution in [0.2, 0.25) is 5.02 Å². The molecule has 0 unspecified atom stereocenters. The molecule has 0 heterocycles. The zero-order chi connectivity index (χ0) is 14.1. The van der Waals surface area contributed by atoms with Crippen LogP contribution >= 0.6 is 11.6 Å². The molecular weight excluding hydrogens is 258 g/mol. The lowest BCUT2D eigenvalue weighted by atomic mass is 10.1. The predicted octanol–water partition coefficient (Wildman–Crippen LogP) is 4.88. The van der Waals surface area contributed by atoms with E-state index in [1.807, 2.05) is 31.2 Å². The van der Waals surface area contributed by atoms with Crippen molar-refractivity contribution in [3.05, 3.63) is 34.9 Å². The number of nitrogens with one attached hydrogen (secondary N) is 1. The summed E-state index contributed by atoms with van der Waals surface area (Å²) in [6, 6.07) is 7.65. The Morgan fingerprint density at radius 1 is 1.16 bits per heavy atom. The first-order chi connectivity index (χ1) is 9.13. The lowest BCUT2D eigenvalue weighted by Crippen LogP contribution is -2.26. The van der Waals surface area contributed by atoms with Crippen molar-refractivity contribution in [2.45, 2.75) is 58.4 Å². The molecule has 1 rings (SSSR count). The lowest BCUT2D eigenvalue weighted by molar-refractivity contribution is -0.121. The van der Waals surface area contributed by atoms with Crippen LogP contribution in [0.5, 0.6) is 0 Å². The van der Waals surface area contributed by atoms with Gasteiger partial charge in [-0.3, -0.25) is 4.79 Å². The molecular formula is C16H24ClNO. The summed E-state index contributed by atoms with van der Waals surface area (Å²) in [5.41, 5.74) is 1.09. The van der Waals surface area contributed by atoms with Crippen LogP contribution in [0.25, 0.3) is 0 Å². The lowest BCUT2D eigenvalue weighted by Gasteiger charge is -2.14. The van der Waals surface area contributed by atoms with Gasteiger partial charge in [-0.1, -0.05) is 56.3 Å². The molecule has 0 aliphatic heterocycles. The molecule has 1 amide bonds. The summed E-state index contributed by atoms with van der Waals surface area (Å²) < 4.78 is 0. The fourth-order valence-corrected chi connectivity index (χ4v) is 2.16. The van der Waals surface area contributed by atoms with E-state index in [0.29, 0.717) is 6.42 Å². The van der Waals surface area contributed by atoms with Gasteiger partial charge in [0.15, 0.2) is 0 Å². The molecule has 106 valence electrons. The van der Waals surface area contributed by atoms with Gasteiger partial charge in [-0.2, -0.15) is 0 Å². The average Bonchev–Trinajstić information content (AvgIpc) is 2.39. The Kier molecular flexibility index (Phi) is 7.57. The molecule has 0 saturated heterocycles. The Morgan fingerprint density at radius 3 is 2.42 bits per heavy atom. The molecule has 1 aromatic rings. The predicted molar refractivity (Wildman–Crippen MR) is 81.4 cm³/mol. The topological polar surface area (TPSA) is 29.1 Å². The minimum absolute atomic E-state index is 0.0420. The Balaban J connectivity index is 2.26. The van der Waals surface area contributed by atoms with Gasteiger partial charge in [0.2, 0.25) is 5.91 Å². The maximum absolute atomic E-state index is 11.8. The van der Waals surface area contributed by atoms with Gasteiger partial charge in [-0.25, -0.2) is 0 Å². The van der Waals surface area contributed by atoms with Crippen molar-refractivity contribution in [2.24, 2.45) is 0 Å². The first-order valence-corrected chi connectivity index (χ1v) is 7.56. The van der Waals surface area contributed by atoms with Gasteiger partial charge in [0.1, 0.15) is 0 Å². The van der Waals surface area contributed by atoms with Gasteiger partial charge in [-0.05, 0) is 31.0 Å². The molecule has 0 saturated carbocycles. The molecule has 0 aromatic heterocycles. The maximum atomic E-state index is 11.8. The smallest absolute Gasteiger partial charge is 0.220 e. The van der Waals surface area contributed by atoms with Crippen LogP contribution in [0.1, 0.15) is 64.0 Å². The molecule has 0 bridgehead atoms. The highest BCUT2D eigenvalue weighted by Crippen LogP contribution is 2.16. The number of amides is 1. The summed E-state index contributed by atoms with van der Waals surface area (Å²) in [5.74, 6) is 0.138. The first-order valence-electron chi connectivity index (χ1n) is 7.18. The van der Waals surface area contributed by atoms with Gasteiger partial charge in [0.25, 0.3) is 0 Å². The highest BCUT2D eigenvalue weighted by atomic mass is 35.5. The zero-order valence-corrected chi connectivity index (χ0v) is 12.7. The number of halogens is 1. The van der Waals surface area contributed by atoms with Crippen LogP contribution in [-0.4, -0.2) is 5.91 Å². The van der Waals surface area contributed by atoms with E-state index in [1.165, 1.54) is 19.3 Å². The second-order valence-electron chi connectivity index (χ2n) is 5.00. The van der Waals surface area contributed by atoms with Crippen LogP contribution < -0.4 is 5.32 Å². The van der Waals surface area contributed by atoms with E-state index >= 15 is 0 Å². The monoisotopic (exact) mass is 281 g/mol. The Morgan fingerprint density at radius 2 is 1.79 bits per heavy atom. The van der Waals surface area contributed by atoms with E-state index in [9.17, 15) is 4.79 Å². The van der Waals surface area contributed by atoms with Gasteiger partial charge >= 0.3 is 0 Å². The summed E-state index contributed by atoms with van der Waals surface area (Å²) in [5, 5.41) is 3.75. The number of rotatable bonds is 8. The number of benzene rings is 1. The second kappa shape index (κ2) is 8.98. The van der Waals surface area contributed by atoms with Crippen molar-refractivity contribution in [1.29, 1.82) is 0 Å². The minimum atomic E-state index is 0.0420. The minimum Gasteiger partial charge on any atom is -0.350 e. The molecule has 19 heavy (non-hydrogen) atoms. The maximum Gasteiger partial charge on any atom is 0.220 e. The van der Waals surface area contributed by atoms with Crippen molar-refractivity contribution in [1.82, 2.24) is 5.32 Å². The molecule has 0 fully saturated rings. The first kappa shape index (κ1) is 16.0. The molecule has 0 radical (unpaired) electrons. The fourth-order valence-electron chi connectivity index (χ4n) is 2.04. The largest absolute Gasteiger partial charge is 0.350 e. The van der Waals surface area contributed by atoms with Gasteiger partial charge in [0.05, 0.1) is 6.04 Å². The number of hydrogen-bond donors (Lipinski definition) is 1. The van der Waals surface area contributed by atoms with E-state index in [1.54, 1.807) is 0 Å². The van der Waals surface area contributed by atoms with E-state index in [2.05, 4.69) is 12.2 Å². The van der Waals surface area contributed by atoms with E-state index in [0.717, 1.165) is 23.4 Å². The Bertz CT molecular complexity index is 375. The highest BCUT2D eigenvalue weighted by molar-refractivity contribution is 6.30. The third kappa shape index (κ3) is 6.63. The van der Waals surface area contributed by atoms with Gasteiger partial charge < -0.3 is 5.32 Å². The quantitative estimate of drug-likeness (QED) is 0.676. The summed E-state index contributed by atoms with van der Waals surface area (Å²) in [6.45, 7) is 4.19. The van der Waals surface area contributed by atoms with Crippen LogP contribution in [0, 0.1) is 0 Å². The Hall–Kier alpha value is -1.02. The molecule has 0 aliphatic rings. The number of carbonyl (C=O) groups is 1. The number of unbranched alkanes of at least 4 members (excludes halogenated alkanes) is 4.